The molecule has 0 aromatic carbocycles. The van der Waals surface area contributed by atoms with Crippen LogP contribution < -0.4 is 0 Å². The van der Waals surface area contributed by atoms with Crippen LogP contribution in [0.2, 0.25) is 0 Å². The fourth-order valence-electron chi connectivity index (χ4n) is 2.12. The van der Waals surface area contributed by atoms with Gasteiger partial charge in [0.05, 0.1) is 17.8 Å². The standard InChI is InChI=1S/C10H20O2/c1-8(2)5-10(11)6-9(3,4)12-7-10/h8,11H,5-7H2,1-4H3. The maximum atomic E-state index is 10.1. The van der Waals surface area contributed by atoms with E-state index in [9.17, 15) is 5.11 Å². The highest BCUT2D eigenvalue weighted by molar-refractivity contribution is 4.93. The number of aliphatic hydroxyl groups is 1. The Hall–Kier alpha value is -0.0800. The molecule has 2 nitrogen and oxygen atoms in total. The third-order valence-corrected chi connectivity index (χ3v) is 2.27. The molecule has 1 N–H and O–H groups in total. The van der Waals surface area contributed by atoms with Gasteiger partial charge >= 0.3 is 0 Å². The highest BCUT2D eigenvalue weighted by atomic mass is 16.5. The van der Waals surface area contributed by atoms with Gasteiger partial charge in [0.15, 0.2) is 0 Å². The Kier molecular flexibility index (Phi) is 2.50. The first-order valence-electron chi connectivity index (χ1n) is 4.69. The third-order valence-electron chi connectivity index (χ3n) is 2.27. The van der Waals surface area contributed by atoms with Crippen LogP contribution in [-0.2, 0) is 4.74 Å². The van der Waals surface area contributed by atoms with Gasteiger partial charge in [0.25, 0.3) is 0 Å². The Morgan fingerprint density at radius 3 is 2.33 bits per heavy atom. The molecular formula is C10H20O2. The summed E-state index contributed by atoms with van der Waals surface area (Å²) in [4.78, 5) is 0. The average Bonchev–Trinajstić information content (AvgIpc) is 2.03. The second-order valence-electron chi connectivity index (χ2n) is 5.05. The average molecular weight is 172 g/mol. The second kappa shape index (κ2) is 3.00. The Bertz CT molecular complexity index is 163. The zero-order valence-electron chi connectivity index (χ0n) is 8.55. The lowest BCUT2D eigenvalue weighted by atomic mass is 9.87. The first kappa shape index (κ1) is 10.0. The van der Waals surface area contributed by atoms with Crippen LogP contribution in [0.4, 0.5) is 0 Å². The van der Waals surface area contributed by atoms with Gasteiger partial charge in [0.2, 0.25) is 0 Å². The number of ether oxygens (including phenoxy) is 1. The zero-order chi connectivity index (χ0) is 9.41. The fourth-order valence-corrected chi connectivity index (χ4v) is 2.12. The van der Waals surface area contributed by atoms with Crippen molar-refractivity contribution in [1.29, 1.82) is 0 Å². The highest BCUT2D eigenvalue weighted by Crippen LogP contribution is 2.36. The van der Waals surface area contributed by atoms with E-state index in [0.717, 1.165) is 12.8 Å². The van der Waals surface area contributed by atoms with Crippen molar-refractivity contribution >= 4 is 0 Å². The largest absolute Gasteiger partial charge is 0.387 e. The molecule has 0 aromatic heterocycles. The molecule has 0 aromatic rings. The van der Waals surface area contributed by atoms with E-state index < -0.39 is 5.60 Å². The molecule has 1 rings (SSSR count). The third kappa shape index (κ3) is 2.46. The first-order valence-corrected chi connectivity index (χ1v) is 4.69. The Morgan fingerprint density at radius 2 is 2.00 bits per heavy atom. The van der Waals surface area contributed by atoms with E-state index in [1.807, 2.05) is 13.8 Å². The fraction of sp³-hybridized carbons (Fsp3) is 1.00. The number of rotatable bonds is 2. The SMILES string of the molecule is CC(C)CC1(O)COC(C)(C)C1. The van der Waals surface area contributed by atoms with E-state index in [1.165, 1.54) is 0 Å². The van der Waals surface area contributed by atoms with Crippen LogP contribution in [0.15, 0.2) is 0 Å². The van der Waals surface area contributed by atoms with Crippen LogP contribution >= 0.6 is 0 Å². The molecule has 12 heavy (non-hydrogen) atoms. The van der Waals surface area contributed by atoms with Gasteiger partial charge in [-0.25, -0.2) is 0 Å². The van der Waals surface area contributed by atoms with Gasteiger partial charge < -0.3 is 9.84 Å². The van der Waals surface area contributed by atoms with E-state index in [1.54, 1.807) is 0 Å². The molecule has 0 spiro atoms. The Morgan fingerprint density at radius 1 is 1.42 bits per heavy atom. The van der Waals surface area contributed by atoms with Crippen molar-refractivity contribution in [2.45, 2.75) is 51.7 Å². The summed E-state index contributed by atoms with van der Waals surface area (Å²) in [7, 11) is 0. The van der Waals surface area contributed by atoms with Gasteiger partial charge in [-0.2, -0.15) is 0 Å². The van der Waals surface area contributed by atoms with Crippen molar-refractivity contribution in [3.05, 3.63) is 0 Å². The summed E-state index contributed by atoms with van der Waals surface area (Å²) >= 11 is 0. The molecule has 1 saturated heterocycles. The monoisotopic (exact) mass is 172 g/mol. The summed E-state index contributed by atoms with van der Waals surface area (Å²) in [6.45, 7) is 8.82. The molecule has 1 aliphatic rings. The van der Waals surface area contributed by atoms with E-state index in [2.05, 4.69) is 13.8 Å². The quantitative estimate of drug-likeness (QED) is 0.690. The summed E-state index contributed by atoms with van der Waals surface area (Å²) in [5, 5.41) is 10.1. The van der Waals surface area contributed by atoms with Crippen molar-refractivity contribution in [2.75, 3.05) is 6.61 Å². The van der Waals surface area contributed by atoms with Crippen LogP contribution in [0, 0.1) is 5.92 Å². The lowest BCUT2D eigenvalue weighted by Gasteiger charge is -2.24. The topological polar surface area (TPSA) is 29.5 Å². The van der Waals surface area contributed by atoms with Crippen molar-refractivity contribution in [3.63, 3.8) is 0 Å². The van der Waals surface area contributed by atoms with E-state index >= 15 is 0 Å². The van der Waals surface area contributed by atoms with Crippen molar-refractivity contribution in [1.82, 2.24) is 0 Å². The molecule has 1 aliphatic heterocycles. The van der Waals surface area contributed by atoms with Crippen LogP contribution in [0.25, 0.3) is 0 Å². The van der Waals surface area contributed by atoms with Gasteiger partial charge in [0.1, 0.15) is 0 Å². The molecule has 2 heteroatoms. The predicted molar refractivity (Wildman–Crippen MR) is 49.1 cm³/mol. The van der Waals surface area contributed by atoms with Gasteiger partial charge in [-0.3, -0.25) is 0 Å². The summed E-state index contributed by atoms with van der Waals surface area (Å²) < 4.78 is 5.51. The van der Waals surface area contributed by atoms with Crippen LogP contribution in [0.3, 0.4) is 0 Å². The van der Waals surface area contributed by atoms with Gasteiger partial charge in [0, 0.05) is 6.42 Å². The number of hydrogen-bond donors (Lipinski definition) is 1. The maximum absolute atomic E-state index is 10.1. The number of hydrogen-bond acceptors (Lipinski definition) is 2. The normalized spacial score (nSPS) is 34.5. The van der Waals surface area contributed by atoms with Crippen LogP contribution in [0.1, 0.15) is 40.5 Å². The molecule has 0 saturated carbocycles. The summed E-state index contributed by atoms with van der Waals surface area (Å²) in [6, 6.07) is 0. The van der Waals surface area contributed by atoms with Crippen molar-refractivity contribution < 1.29 is 9.84 Å². The first-order chi connectivity index (χ1) is 5.33. The predicted octanol–water partition coefficient (Wildman–Crippen LogP) is 1.96. The summed E-state index contributed by atoms with van der Waals surface area (Å²) in [5.41, 5.74) is -0.707. The molecule has 0 bridgehead atoms. The minimum absolute atomic E-state index is 0.135. The van der Waals surface area contributed by atoms with Gasteiger partial charge in [-0.05, 0) is 26.2 Å². The summed E-state index contributed by atoms with van der Waals surface area (Å²) in [5.74, 6) is 0.535. The van der Waals surface area contributed by atoms with E-state index in [-0.39, 0.29) is 5.60 Å². The second-order valence-corrected chi connectivity index (χ2v) is 5.05. The lowest BCUT2D eigenvalue weighted by Crippen LogP contribution is -2.32. The van der Waals surface area contributed by atoms with Gasteiger partial charge in [-0.1, -0.05) is 13.8 Å². The lowest BCUT2D eigenvalue weighted by molar-refractivity contribution is -0.00415. The van der Waals surface area contributed by atoms with Crippen LogP contribution in [0.5, 0.6) is 0 Å². The molecule has 1 fully saturated rings. The van der Waals surface area contributed by atoms with E-state index in [4.69, 9.17) is 4.74 Å². The maximum Gasteiger partial charge on any atom is 0.0910 e. The highest BCUT2D eigenvalue weighted by Gasteiger charge is 2.42. The van der Waals surface area contributed by atoms with E-state index in [0.29, 0.717) is 12.5 Å². The molecule has 0 aliphatic carbocycles. The minimum atomic E-state index is -0.572. The van der Waals surface area contributed by atoms with Crippen LogP contribution in [-0.4, -0.2) is 22.9 Å². The molecule has 1 atom stereocenters. The molecule has 1 heterocycles. The molecular weight excluding hydrogens is 152 g/mol. The smallest absolute Gasteiger partial charge is 0.0910 e. The zero-order valence-corrected chi connectivity index (χ0v) is 8.55. The summed E-state index contributed by atoms with van der Waals surface area (Å²) in [6.07, 6.45) is 1.61. The van der Waals surface area contributed by atoms with Crippen molar-refractivity contribution in [3.8, 4) is 0 Å². The molecule has 0 amide bonds. The Balaban J connectivity index is 2.53. The van der Waals surface area contributed by atoms with Gasteiger partial charge in [-0.15, -0.1) is 0 Å². The molecule has 72 valence electrons. The Labute approximate surface area is 74.9 Å². The molecule has 1 unspecified atom stereocenters. The minimum Gasteiger partial charge on any atom is -0.387 e. The van der Waals surface area contributed by atoms with Crippen molar-refractivity contribution in [2.24, 2.45) is 5.92 Å². The molecule has 0 radical (unpaired) electrons.